The van der Waals surface area contributed by atoms with Gasteiger partial charge in [-0.3, -0.25) is 4.40 Å². The third kappa shape index (κ3) is 1.70. The number of methoxy groups -OCH3 is 1. The molecular weight excluding hydrogens is 270 g/mol. The number of hydrogen-bond acceptors (Lipinski definition) is 3. The second kappa shape index (κ2) is 4.43. The van der Waals surface area contributed by atoms with Crippen LogP contribution in [0.25, 0.3) is 5.52 Å². The van der Waals surface area contributed by atoms with Crippen LogP contribution in [0.3, 0.4) is 0 Å². The molecular formula is C11H14BrN3O. The number of aromatic nitrogens is 2. The van der Waals surface area contributed by atoms with E-state index in [-0.39, 0.29) is 6.04 Å². The molecule has 1 N–H and O–H groups in total. The topological polar surface area (TPSA) is 38.6 Å². The molecule has 4 nitrogen and oxygen atoms in total. The SMILES string of the molecule is CNC(C)c1nc(Br)c2cccc(OC)n12. The van der Waals surface area contributed by atoms with E-state index in [2.05, 4.69) is 33.2 Å². The van der Waals surface area contributed by atoms with Crippen molar-refractivity contribution in [1.82, 2.24) is 14.7 Å². The number of ether oxygens (including phenoxy) is 1. The van der Waals surface area contributed by atoms with E-state index in [4.69, 9.17) is 4.74 Å². The van der Waals surface area contributed by atoms with Crippen LogP contribution in [0.1, 0.15) is 18.8 Å². The first-order valence-corrected chi connectivity index (χ1v) is 5.86. The highest BCUT2D eigenvalue weighted by molar-refractivity contribution is 9.10. The Bertz CT molecular complexity index is 509. The van der Waals surface area contributed by atoms with E-state index in [9.17, 15) is 0 Å². The van der Waals surface area contributed by atoms with Gasteiger partial charge in [-0.1, -0.05) is 6.07 Å². The Kier molecular flexibility index (Phi) is 3.16. The van der Waals surface area contributed by atoms with Crippen LogP contribution in [0.4, 0.5) is 0 Å². The van der Waals surface area contributed by atoms with Gasteiger partial charge in [-0.15, -0.1) is 0 Å². The van der Waals surface area contributed by atoms with E-state index in [0.717, 1.165) is 21.8 Å². The van der Waals surface area contributed by atoms with Gasteiger partial charge in [0, 0.05) is 0 Å². The van der Waals surface area contributed by atoms with Gasteiger partial charge in [-0.05, 0) is 42.0 Å². The predicted octanol–water partition coefficient (Wildman–Crippen LogP) is 2.39. The van der Waals surface area contributed by atoms with Gasteiger partial charge >= 0.3 is 0 Å². The summed E-state index contributed by atoms with van der Waals surface area (Å²) >= 11 is 3.46. The quantitative estimate of drug-likeness (QED) is 0.940. The first kappa shape index (κ1) is 11.4. The van der Waals surface area contributed by atoms with Crippen LogP contribution in [-0.2, 0) is 0 Å². The van der Waals surface area contributed by atoms with Gasteiger partial charge in [0.2, 0.25) is 0 Å². The molecule has 0 aliphatic rings. The maximum atomic E-state index is 5.35. The van der Waals surface area contributed by atoms with Crippen LogP contribution in [0.5, 0.6) is 5.88 Å². The second-order valence-corrected chi connectivity index (χ2v) is 4.31. The average molecular weight is 284 g/mol. The lowest BCUT2D eigenvalue weighted by Gasteiger charge is -2.11. The first-order chi connectivity index (χ1) is 7.69. The highest BCUT2D eigenvalue weighted by Crippen LogP contribution is 2.27. The van der Waals surface area contributed by atoms with E-state index >= 15 is 0 Å². The summed E-state index contributed by atoms with van der Waals surface area (Å²) in [5.41, 5.74) is 1.01. The Morgan fingerprint density at radius 1 is 1.50 bits per heavy atom. The molecule has 0 amide bonds. The molecule has 1 unspecified atom stereocenters. The Morgan fingerprint density at radius 3 is 2.88 bits per heavy atom. The minimum Gasteiger partial charge on any atom is -0.482 e. The van der Waals surface area contributed by atoms with Crippen LogP contribution in [0, 0.1) is 0 Å². The van der Waals surface area contributed by atoms with Crippen molar-refractivity contribution in [2.45, 2.75) is 13.0 Å². The van der Waals surface area contributed by atoms with Crippen LogP contribution >= 0.6 is 15.9 Å². The van der Waals surface area contributed by atoms with Gasteiger partial charge in [-0.2, -0.15) is 0 Å². The molecule has 0 saturated carbocycles. The van der Waals surface area contributed by atoms with Crippen molar-refractivity contribution in [2.24, 2.45) is 0 Å². The van der Waals surface area contributed by atoms with Crippen LogP contribution in [0.2, 0.25) is 0 Å². The molecule has 16 heavy (non-hydrogen) atoms. The zero-order valence-electron chi connectivity index (χ0n) is 9.49. The van der Waals surface area contributed by atoms with E-state index in [1.807, 2.05) is 29.6 Å². The molecule has 0 aliphatic heterocycles. The summed E-state index contributed by atoms with van der Waals surface area (Å²) in [6.07, 6.45) is 0. The summed E-state index contributed by atoms with van der Waals surface area (Å²) in [5, 5.41) is 3.18. The minimum absolute atomic E-state index is 0.162. The molecule has 1 atom stereocenters. The molecule has 86 valence electrons. The summed E-state index contributed by atoms with van der Waals surface area (Å²) in [6.45, 7) is 2.06. The molecule has 0 spiro atoms. The predicted molar refractivity (Wildman–Crippen MR) is 66.9 cm³/mol. The fraction of sp³-hybridized carbons (Fsp3) is 0.364. The molecule has 0 aliphatic carbocycles. The number of imidazole rings is 1. The van der Waals surface area contributed by atoms with Gasteiger partial charge in [0.25, 0.3) is 0 Å². The number of nitrogens with zero attached hydrogens (tertiary/aromatic N) is 2. The zero-order valence-corrected chi connectivity index (χ0v) is 11.1. The Labute approximate surface area is 103 Å². The van der Waals surface area contributed by atoms with Gasteiger partial charge in [-0.25, -0.2) is 4.98 Å². The highest BCUT2D eigenvalue weighted by Gasteiger charge is 2.16. The van der Waals surface area contributed by atoms with Crippen molar-refractivity contribution in [2.75, 3.05) is 14.2 Å². The largest absolute Gasteiger partial charge is 0.482 e. The third-order valence-electron chi connectivity index (χ3n) is 2.64. The van der Waals surface area contributed by atoms with Crippen LogP contribution < -0.4 is 10.1 Å². The Hall–Kier alpha value is -1.07. The van der Waals surface area contributed by atoms with Crippen LogP contribution in [0.15, 0.2) is 22.8 Å². The lowest BCUT2D eigenvalue weighted by Crippen LogP contribution is -2.16. The zero-order chi connectivity index (χ0) is 11.7. The molecule has 0 radical (unpaired) electrons. The van der Waals surface area contributed by atoms with E-state index in [1.165, 1.54) is 0 Å². The maximum absolute atomic E-state index is 5.35. The molecule has 0 bridgehead atoms. The summed E-state index contributed by atoms with van der Waals surface area (Å²) in [6, 6.07) is 6.04. The van der Waals surface area contributed by atoms with Crippen molar-refractivity contribution < 1.29 is 4.74 Å². The second-order valence-electron chi connectivity index (χ2n) is 3.56. The van der Waals surface area contributed by atoms with Gasteiger partial charge in [0.1, 0.15) is 10.4 Å². The van der Waals surface area contributed by atoms with E-state index in [1.54, 1.807) is 7.11 Å². The number of fused-ring (bicyclic) bond motifs is 1. The summed E-state index contributed by atoms with van der Waals surface area (Å²) in [4.78, 5) is 4.51. The molecule has 2 aromatic rings. The van der Waals surface area contributed by atoms with Gasteiger partial charge in [0.05, 0.1) is 18.7 Å². The summed E-state index contributed by atoms with van der Waals surface area (Å²) in [5.74, 6) is 1.72. The molecule has 5 heteroatoms. The fourth-order valence-electron chi connectivity index (χ4n) is 1.67. The minimum atomic E-state index is 0.162. The Morgan fingerprint density at radius 2 is 2.25 bits per heavy atom. The van der Waals surface area contributed by atoms with Crippen molar-refractivity contribution in [3.05, 3.63) is 28.6 Å². The number of nitrogens with one attached hydrogen (secondary N) is 1. The standard InChI is InChI=1S/C11H14BrN3O/c1-7(13-2)11-14-10(12)8-5-4-6-9(16-3)15(8)11/h4-7,13H,1-3H3. The smallest absolute Gasteiger partial charge is 0.199 e. The fourth-order valence-corrected chi connectivity index (χ4v) is 2.16. The normalized spacial score (nSPS) is 13.0. The number of hydrogen-bond donors (Lipinski definition) is 1. The summed E-state index contributed by atoms with van der Waals surface area (Å²) < 4.78 is 8.19. The van der Waals surface area contributed by atoms with Crippen molar-refractivity contribution >= 4 is 21.4 Å². The van der Waals surface area contributed by atoms with E-state index < -0.39 is 0 Å². The third-order valence-corrected chi connectivity index (χ3v) is 3.22. The first-order valence-electron chi connectivity index (χ1n) is 5.07. The van der Waals surface area contributed by atoms with Crippen molar-refractivity contribution in [3.63, 3.8) is 0 Å². The lowest BCUT2D eigenvalue weighted by atomic mass is 10.3. The van der Waals surface area contributed by atoms with Gasteiger partial charge in [0.15, 0.2) is 5.88 Å². The average Bonchev–Trinajstić information content (AvgIpc) is 2.66. The number of halogens is 1. The van der Waals surface area contributed by atoms with Crippen LogP contribution in [-0.4, -0.2) is 23.5 Å². The number of rotatable bonds is 3. The molecule has 0 saturated heterocycles. The molecule has 2 rings (SSSR count). The van der Waals surface area contributed by atoms with Crippen molar-refractivity contribution in [3.8, 4) is 5.88 Å². The monoisotopic (exact) mass is 283 g/mol. The molecule has 0 aromatic carbocycles. The van der Waals surface area contributed by atoms with Gasteiger partial charge < -0.3 is 10.1 Å². The van der Waals surface area contributed by atoms with Crippen molar-refractivity contribution in [1.29, 1.82) is 0 Å². The molecule has 2 heterocycles. The Balaban J connectivity index is 2.74. The summed E-state index contributed by atoms with van der Waals surface area (Å²) in [7, 11) is 3.57. The molecule has 2 aromatic heterocycles. The molecule has 0 fully saturated rings. The van der Waals surface area contributed by atoms with E-state index in [0.29, 0.717) is 0 Å². The maximum Gasteiger partial charge on any atom is 0.199 e. The number of pyridine rings is 1. The lowest BCUT2D eigenvalue weighted by molar-refractivity contribution is 0.387. The highest BCUT2D eigenvalue weighted by atomic mass is 79.9.